The van der Waals surface area contributed by atoms with Gasteiger partial charge in [0.25, 0.3) is 0 Å². The molecule has 0 amide bonds. The number of rotatable bonds is 7. The van der Waals surface area contributed by atoms with Gasteiger partial charge in [-0.15, -0.1) is 0 Å². The summed E-state index contributed by atoms with van der Waals surface area (Å²) in [4.78, 5) is 11.9. The zero-order valence-electron chi connectivity index (χ0n) is 10.2. The topological polar surface area (TPSA) is 26.3 Å². The van der Waals surface area contributed by atoms with Crippen LogP contribution in [0.2, 0.25) is 0 Å². The van der Waals surface area contributed by atoms with Crippen LogP contribution in [0.5, 0.6) is 0 Å². The van der Waals surface area contributed by atoms with Gasteiger partial charge in [-0.2, -0.15) is 11.3 Å². The Morgan fingerprint density at radius 3 is 2.75 bits per heavy atom. The highest BCUT2D eigenvalue weighted by molar-refractivity contribution is 7.07. The van der Waals surface area contributed by atoms with E-state index in [1.165, 1.54) is 5.56 Å². The van der Waals surface area contributed by atoms with Gasteiger partial charge in [0.2, 0.25) is 0 Å². The summed E-state index contributed by atoms with van der Waals surface area (Å²) < 4.78 is 5.49. The van der Waals surface area contributed by atoms with Crippen LogP contribution >= 0.6 is 11.3 Å². The summed E-state index contributed by atoms with van der Waals surface area (Å²) in [5, 5.41) is 4.14. The van der Waals surface area contributed by atoms with Crippen LogP contribution in [-0.4, -0.2) is 18.5 Å². The first-order valence-electron chi connectivity index (χ1n) is 5.80. The fourth-order valence-corrected chi connectivity index (χ4v) is 2.38. The minimum atomic E-state index is -0.233. The van der Waals surface area contributed by atoms with Gasteiger partial charge in [0.1, 0.15) is 6.10 Å². The summed E-state index contributed by atoms with van der Waals surface area (Å²) >= 11 is 1.67. The fraction of sp³-hybridized carbons (Fsp3) is 0.615. The molecule has 0 aromatic carbocycles. The monoisotopic (exact) mass is 240 g/mol. The summed E-state index contributed by atoms with van der Waals surface area (Å²) in [6.45, 7) is 6.60. The molecule has 0 aliphatic rings. The van der Waals surface area contributed by atoms with Gasteiger partial charge in [0.15, 0.2) is 5.78 Å². The van der Waals surface area contributed by atoms with Crippen LogP contribution < -0.4 is 0 Å². The van der Waals surface area contributed by atoms with Gasteiger partial charge in [0.05, 0.1) is 0 Å². The van der Waals surface area contributed by atoms with Crippen molar-refractivity contribution in [2.45, 2.75) is 39.7 Å². The minimum Gasteiger partial charge on any atom is -0.370 e. The molecule has 3 heteroatoms. The van der Waals surface area contributed by atoms with E-state index in [-0.39, 0.29) is 17.8 Å². The van der Waals surface area contributed by atoms with Crippen molar-refractivity contribution in [2.75, 3.05) is 6.61 Å². The van der Waals surface area contributed by atoms with E-state index in [9.17, 15) is 4.79 Å². The number of aryl methyl sites for hydroxylation is 1. The third-order valence-electron chi connectivity index (χ3n) is 2.51. The predicted molar refractivity (Wildman–Crippen MR) is 67.9 cm³/mol. The Balaban J connectivity index is 2.43. The van der Waals surface area contributed by atoms with Crippen LogP contribution in [0.15, 0.2) is 16.8 Å². The Labute approximate surface area is 102 Å². The molecule has 0 aliphatic carbocycles. The molecule has 1 atom stereocenters. The number of hydrogen-bond acceptors (Lipinski definition) is 3. The molecule has 0 saturated carbocycles. The molecule has 0 bridgehead atoms. The van der Waals surface area contributed by atoms with Crippen molar-refractivity contribution in [1.29, 1.82) is 0 Å². The van der Waals surface area contributed by atoms with Crippen LogP contribution in [0.25, 0.3) is 0 Å². The summed E-state index contributed by atoms with van der Waals surface area (Å²) in [7, 11) is 0. The zero-order valence-corrected chi connectivity index (χ0v) is 11.0. The molecule has 1 rings (SSSR count). The third kappa shape index (κ3) is 4.06. The molecule has 90 valence electrons. The van der Waals surface area contributed by atoms with Crippen molar-refractivity contribution in [3.8, 4) is 0 Å². The van der Waals surface area contributed by atoms with Crippen LogP contribution in [0, 0.1) is 5.92 Å². The van der Waals surface area contributed by atoms with Crippen LogP contribution in [0.1, 0.15) is 32.8 Å². The Kier molecular flexibility index (Phi) is 5.71. The van der Waals surface area contributed by atoms with E-state index in [1.54, 1.807) is 11.3 Å². The van der Waals surface area contributed by atoms with Crippen molar-refractivity contribution >= 4 is 17.1 Å². The molecule has 16 heavy (non-hydrogen) atoms. The average Bonchev–Trinajstić information content (AvgIpc) is 2.75. The highest BCUT2D eigenvalue weighted by Crippen LogP contribution is 2.13. The van der Waals surface area contributed by atoms with Gasteiger partial charge in [0, 0.05) is 13.0 Å². The summed E-state index contributed by atoms with van der Waals surface area (Å²) in [6.07, 6.45) is 1.18. The molecule has 1 heterocycles. The van der Waals surface area contributed by atoms with E-state index < -0.39 is 0 Å². The molecule has 1 unspecified atom stereocenters. The number of carbonyl (C=O) groups excluding carboxylic acids is 1. The Morgan fingerprint density at radius 1 is 1.50 bits per heavy atom. The number of ether oxygens (including phenoxy) is 1. The van der Waals surface area contributed by atoms with E-state index in [0.717, 1.165) is 6.42 Å². The highest BCUT2D eigenvalue weighted by atomic mass is 32.1. The van der Waals surface area contributed by atoms with E-state index in [1.807, 2.05) is 26.2 Å². The van der Waals surface area contributed by atoms with E-state index >= 15 is 0 Å². The van der Waals surface area contributed by atoms with Crippen LogP contribution in [0.4, 0.5) is 0 Å². The minimum absolute atomic E-state index is 0.225. The lowest BCUT2D eigenvalue weighted by Crippen LogP contribution is -2.30. The van der Waals surface area contributed by atoms with Crippen molar-refractivity contribution in [3.05, 3.63) is 22.4 Å². The second kappa shape index (κ2) is 6.81. The average molecular weight is 240 g/mol. The molecular weight excluding hydrogens is 220 g/mol. The van der Waals surface area contributed by atoms with E-state index in [2.05, 4.69) is 11.4 Å². The Bertz CT molecular complexity index is 304. The molecule has 0 N–H and O–H groups in total. The smallest absolute Gasteiger partial charge is 0.162 e. The molecule has 0 aliphatic heterocycles. The number of thiophene rings is 1. The summed E-state index contributed by atoms with van der Waals surface area (Å²) in [5.74, 6) is 0.484. The first-order valence-corrected chi connectivity index (χ1v) is 6.74. The summed E-state index contributed by atoms with van der Waals surface area (Å²) in [5.41, 5.74) is 1.25. The number of ketones is 1. The number of Topliss-reactive ketones (excluding diaryl/α,β-unsaturated/α-hetero) is 1. The van der Waals surface area contributed by atoms with Gasteiger partial charge in [-0.25, -0.2) is 0 Å². The largest absolute Gasteiger partial charge is 0.370 e. The standard InChI is InChI=1S/C13H20O2S/c1-4-15-13(10(2)3)12(14)6-5-11-7-8-16-9-11/h7-10,13H,4-6H2,1-3H3. The molecule has 1 aromatic rings. The van der Waals surface area contributed by atoms with E-state index in [0.29, 0.717) is 13.0 Å². The molecule has 0 fully saturated rings. The molecular formula is C13H20O2S. The van der Waals surface area contributed by atoms with Crippen LogP contribution in [0.3, 0.4) is 0 Å². The second-order valence-corrected chi connectivity index (χ2v) is 5.00. The van der Waals surface area contributed by atoms with Gasteiger partial charge < -0.3 is 4.74 Å². The molecule has 0 spiro atoms. The maximum absolute atomic E-state index is 11.9. The molecule has 2 nitrogen and oxygen atoms in total. The maximum atomic E-state index is 11.9. The van der Waals surface area contributed by atoms with E-state index in [4.69, 9.17) is 4.74 Å². The van der Waals surface area contributed by atoms with Gasteiger partial charge in [-0.1, -0.05) is 13.8 Å². The van der Waals surface area contributed by atoms with Crippen molar-refractivity contribution in [1.82, 2.24) is 0 Å². The second-order valence-electron chi connectivity index (χ2n) is 4.22. The summed E-state index contributed by atoms with van der Waals surface area (Å²) in [6, 6.07) is 2.07. The van der Waals surface area contributed by atoms with Crippen molar-refractivity contribution in [3.63, 3.8) is 0 Å². The normalized spacial score (nSPS) is 13.0. The van der Waals surface area contributed by atoms with Crippen molar-refractivity contribution < 1.29 is 9.53 Å². The number of hydrogen-bond donors (Lipinski definition) is 0. The predicted octanol–water partition coefficient (Wildman–Crippen LogP) is 3.31. The Morgan fingerprint density at radius 2 is 2.25 bits per heavy atom. The lowest BCUT2D eigenvalue weighted by molar-refractivity contribution is -0.133. The highest BCUT2D eigenvalue weighted by Gasteiger charge is 2.21. The fourth-order valence-electron chi connectivity index (χ4n) is 1.68. The lowest BCUT2D eigenvalue weighted by atomic mass is 9.98. The molecule has 0 radical (unpaired) electrons. The lowest BCUT2D eigenvalue weighted by Gasteiger charge is -2.19. The Hall–Kier alpha value is -0.670. The maximum Gasteiger partial charge on any atom is 0.162 e. The molecule has 1 aromatic heterocycles. The van der Waals surface area contributed by atoms with Gasteiger partial charge in [-0.3, -0.25) is 4.79 Å². The third-order valence-corrected chi connectivity index (χ3v) is 3.24. The zero-order chi connectivity index (χ0) is 12.0. The van der Waals surface area contributed by atoms with Gasteiger partial charge in [-0.05, 0) is 41.7 Å². The SMILES string of the molecule is CCOC(C(=O)CCc1ccsc1)C(C)C. The van der Waals surface area contributed by atoms with Gasteiger partial charge >= 0.3 is 0 Å². The number of carbonyl (C=O) groups is 1. The molecule has 0 saturated heterocycles. The van der Waals surface area contributed by atoms with Crippen molar-refractivity contribution in [2.24, 2.45) is 5.92 Å². The van der Waals surface area contributed by atoms with Crippen LogP contribution in [-0.2, 0) is 16.0 Å². The quantitative estimate of drug-likeness (QED) is 0.731. The first kappa shape index (κ1) is 13.4. The first-order chi connectivity index (χ1) is 7.65.